The van der Waals surface area contributed by atoms with Crippen molar-refractivity contribution >= 4 is 11.8 Å². The van der Waals surface area contributed by atoms with Crippen molar-refractivity contribution in [3.8, 4) is 0 Å². The molecule has 2 fully saturated rings. The molecule has 7 heteroatoms. The minimum Gasteiger partial charge on any atom is -0.383 e. The molecule has 0 bridgehead atoms. The van der Waals surface area contributed by atoms with Gasteiger partial charge in [-0.1, -0.05) is 13.8 Å². The molecule has 1 spiro atoms. The second-order valence-corrected chi connectivity index (χ2v) is 8.41. The molecule has 2 aliphatic heterocycles. The maximum atomic E-state index is 12.4. The molecule has 3 rings (SSSR count). The Balaban J connectivity index is 1.61. The Morgan fingerprint density at radius 2 is 1.93 bits per heavy atom. The number of hydrogen-bond donors (Lipinski definition) is 1. The molecule has 1 aromatic rings. The van der Waals surface area contributed by atoms with E-state index in [1.54, 1.807) is 17.3 Å². The first-order valence-corrected chi connectivity index (χ1v) is 9.82. The van der Waals surface area contributed by atoms with Crippen LogP contribution in [-0.2, 0) is 16.1 Å². The number of nitrogens with zero attached hydrogens (tertiary/aromatic N) is 4. The Kier molecular flexibility index (Phi) is 5.79. The average molecular weight is 374 g/mol. The minimum absolute atomic E-state index is 0.0611. The molecule has 1 N–H and O–H groups in total. The third kappa shape index (κ3) is 4.46. The molecule has 2 aliphatic rings. The summed E-state index contributed by atoms with van der Waals surface area (Å²) >= 11 is 0. The van der Waals surface area contributed by atoms with Gasteiger partial charge in [0.2, 0.25) is 5.91 Å². The van der Waals surface area contributed by atoms with E-state index < -0.39 is 6.10 Å². The number of aromatic nitrogens is 2. The van der Waals surface area contributed by atoms with E-state index in [2.05, 4.69) is 9.97 Å². The van der Waals surface area contributed by atoms with Crippen LogP contribution in [0.2, 0.25) is 0 Å². The van der Waals surface area contributed by atoms with E-state index in [1.165, 1.54) is 0 Å². The summed E-state index contributed by atoms with van der Waals surface area (Å²) in [6, 6.07) is 0. The van der Waals surface area contributed by atoms with E-state index in [9.17, 15) is 14.7 Å². The maximum absolute atomic E-state index is 12.4. The Labute approximate surface area is 160 Å². The fraction of sp³-hybridized carbons (Fsp3) is 0.700. The van der Waals surface area contributed by atoms with Crippen LogP contribution in [0.5, 0.6) is 0 Å². The van der Waals surface area contributed by atoms with Gasteiger partial charge in [-0.3, -0.25) is 19.6 Å². The molecule has 148 valence electrons. The SMILES string of the molecule is Cc1cnc(CN2CC3(CCC2=O)CCN(C(=O)[C@@H](O)C(C)C)CC3)cn1. The van der Waals surface area contributed by atoms with Crippen LogP contribution in [0.15, 0.2) is 12.4 Å². The van der Waals surface area contributed by atoms with E-state index in [-0.39, 0.29) is 23.1 Å². The molecule has 7 nitrogen and oxygen atoms in total. The van der Waals surface area contributed by atoms with Gasteiger partial charge in [-0.25, -0.2) is 0 Å². The van der Waals surface area contributed by atoms with Crippen molar-refractivity contribution in [2.24, 2.45) is 11.3 Å². The first-order chi connectivity index (χ1) is 12.8. The summed E-state index contributed by atoms with van der Waals surface area (Å²) in [5.74, 6) is -0.0814. The van der Waals surface area contributed by atoms with Crippen LogP contribution in [0.1, 0.15) is 50.9 Å². The van der Waals surface area contributed by atoms with Crippen molar-refractivity contribution in [3.63, 3.8) is 0 Å². The van der Waals surface area contributed by atoms with E-state index in [0.717, 1.165) is 30.7 Å². The van der Waals surface area contributed by atoms with Crippen molar-refractivity contribution < 1.29 is 14.7 Å². The number of piperidine rings is 2. The summed E-state index contributed by atoms with van der Waals surface area (Å²) in [5, 5.41) is 10.1. The number of likely N-dealkylation sites (tertiary alicyclic amines) is 2. The number of aryl methyl sites for hydroxylation is 1. The first-order valence-electron chi connectivity index (χ1n) is 9.82. The van der Waals surface area contributed by atoms with Gasteiger partial charge in [0.15, 0.2) is 0 Å². The highest BCUT2D eigenvalue weighted by Crippen LogP contribution is 2.40. The maximum Gasteiger partial charge on any atom is 0.251 e. The Morgan fingerprint density at radius 1 is 1.22 bits per heavy atom. The summed E-state index contributed by atoms with van der Waals surface area (Å²) in [4.78, 5) is 37.1. The van der Waals surface area contributed by atoms with Crippen LogP contribution < -0.4 is 0 Å². The van der Waals surface area contributed by atoms with Gasteiger partial charge >= 0.3 is 0 Å². The van der Waals surface area contributed by atoms with Crippen LogP contribution in [0.3, 0.4) is 0 Å². The first kappa shape index (κ1) is 19.7. The Morgan fingerprint density at radius 3 is 2.52 bits per heavy atom. The predicted molar refractivity (Wildman–Crippen MR) is 101 cm³/mol. The van der Waals surface area contributed by atoms with Crippen LogP contribution in [0.4, 0.5) is 0 Å². The topological polar surface area (TPSA) is 86.6 Å². The number of amides is 2. The fourth-order valence-electron chi connectivity index (χ4n) is 4.02. The minimum atomic E-state index is -0.927. The number of carbonyl (C=O) groups is 2. The summed E-state index contributed by atoms with van der Waals surface area (Å²) in [6.45, 7) is 8.09. The van der Waals surface area contributed by atoms with Crippen molar-refractivity contribution in [1.82, 2.24) is 19.8 Å². The van der Waals surface area contributed by atoms with Gasteiger partial charge in [0.25, 0.3) is 5.91 Å². The highest BCUT2D eigenvalue weighted by atomic mass is 16.3. The molecule has 0 aromatic carbocycles. The molecule has 0 saturated carbocycles. The molecule has 1 atom stereocenters. The zero-order chi connectivity index (χ0) is 19.6. The summed E-state index contributed by atoms with van der Waals surface area (Å²) in [5.41, 5.74) is 1.73. The lowest BCUT2D eigenvalue weighted by atomic mass is 9.72. The van der Waals surface area contributed by atoms with Gasteiger partial charge in [0, 0.05) is 32.3 Å². The van der Waals surface area contributed by atoms with Crippen molar-refractivity contribution in [2.75, 3.05) is 19.6 Å². The van der Waals surface area contributed by atoms with Crippen LogP contribution in [0.25, 0.3) is 0 Å². The van der Waals surface area contributed by atoms with Crippen molar-refractivity contribution in [3.05, 3.63) is 23.8 Å². The van der Waals surface area contributed by atoms with Crippen LogP contribution >= 0.6 is 0 Å². The van der Waals surface area contributed by atoms with E-state index in [0.29, 0.717) is 32.6 Å². The molecule has 27 heavy (non-hydrogen) atoms. The number of aliphatic hydroxyl groups excluding tert-OH is 1. The molecule has 1 aromatic heterocycles. The van der Waals surface area contributed by atoms with Crippen LogP contribution in [-0.4, -0.2) is 62.4 Å². The smallest absolute Gasteiger partial charge is 0.251 e. The molecule has 0 radical (unpaired) electrons. The molecule has 3 heterocycles. The van der Waals surface area contributed by atoms with Crippen molar-refractivity contribution in [1.29, 1.82) is 0 Å². The number of hydrogen-bond acceptors (Lipinski definition) is 5. The third-order valence-electron chi connectivity index (χ3n) is 5.96. The van der Waals surface area contributed by atoms with Crippen LogP contribution in [0, 0.1) is 18.3 Å². The van der Waals surface area contributed by atoms with Gasteiger partial charge < -0.3 is 14.9 Å². The standard InChI is InChI=1S/C20H30N4O3/c1-14(2)18(26)19(27)23-8-6-20(7-9-23)5-4-17(25)24(13-20)12-16-11-21-15(3)10-22-16/h10-11,14,18,26H,4-9,12-13H2,1-3H3/t18-/m0/s1. The molecular weight excluding hydrogens is 344 g/mol. The molecule has 2 amide bonds. The monoisotopic (exact) mass is 374 g/mol. The zero-order valence-corrected chi connectivity index (χ0v) is 16.5. The van der Waals surface area contributed by atoms with E-state index in [1.807, 2.05) is 25.7 Å². The van der Waals surface area contributed by atoms with E-state index >= 15 is 0 Å². The Hall–Kier alpha value is -2.02. The summed E-state index contributed by atoms with van der Waals surface area (Å²) in [7, 11) is 0. The fourth-order valence-corrected chi connectivity index (χ4v) is 4.02. The van der Waals surface area contributed by atoms with Gasteiger partial charge in [0.05, 0.1) is 24.1 Å². The summed E-state index contributed by atoms with van der Waals surface area (Å²) in [6.07, 6.45) is 5.68. The highest BCUT2D eigenvalue weighted by Gasteiger charge is 2.42. The third-order valence-corrected chi connectivity index (χ3v) is 5.96. The molecule has 0 aliphatic carbocycles. The second-order valence-electron chi connectivity index (χ2n) is 8.41. The van der Waals surface area contributed by atoms with Gasteiger partial charge in [0.1, 0.15) is 6.10 Å². The van der Waals surface area contributed by atoms with E-state index in [4.69, 9.17) is 0 Å². The number of carbonyl (C=O) groups excluding carboxylic acids is 2. The normalized spacial score (nSPS) is 21.0. The lowest BCUT2D eigenvalue weighted by molar-refractivity contribution is -0.148. The van der Waals surface area contributed by atoms with Crippen molar-refractivity contribution in [2.45, 2.75) is 59.1 Å². The molecular formula is C20H30N4O3. The lowest BCUT2D eigenvalue weighted by Crippen LogP contribution is -2.53. The lowest BCUT2D eigenvalue weighted by Gasteiger charge is -2.47. The summed E-state index contributed by atoms with van der Waals surface area (Å²) < 4.78 is 0. The molecule has 0 unspecified atom stereocenters. The molecule has 2 saturated heterocycles. The number of rotatable bonds is 4. The Bertz CT molecular complexity index is 681. The zero-order valence-electron chi connectivity index (χ0n) is 16.5. The van der Waals surface area contributed by atoms with Gasteiger partial charge in [-0.2, -0.15) is 0 Å². The van der Waals surface area contributed by atoms with Gasteiger partial charge in [-0.05, 0) is 37.5 Å². The largest absolute Gasteiger partial charge is 0.383 e. The number of aliphatic hydroxyl groups is 1. The quantitative estimate of drug-likeness (QED) is 0.864. The second kappa shape index (κ2) is 7.92. The van der Waals surface area contributed by atoms with Gasteiger partial charge in [-0.15, -0.1) is 0 Å². The average Bonchev–Trinajstić information content (AvgIpc) is 2.66. The predicted octanol–water partition coefficient (Wildman–Crippen LogP) is 1.53. The highest BCUT2D eigenvalue weighted by molar-refractivity contribution is 5.81.